The van der Waals surface area contributed by atoms with E-state index in [4.69, 9.17) is 4.42 Å². The molecule has 0 aliphatic carbocycles. The van der Waals surface area contributed by atoms with Gasteiger partial charge in [-0.25, -0.2) is 5.43 Å². The Morgan fingerprint density at radius 2 is 2.27 bits per heavy atom. The molecule has 1 aromatic rings. The largest absolute Gasteiger partial charge is 0.456 e. The highest BCUT2D eigenvalue weighted by Crippen LogP contribution is 2.04. The van der Waals surface area contributed by atoms with Crippen molar-refractivity contribution >= 4 is 5.91 Å². The maximum Gasteiger partial charge on any atom is 0.301 e. The van der Waals surface area contributed by atoms with Crippen molar-refractivity contribution in [1.82, 2.24) is 10.9 Å². The van der Waals surface area contributed by atoms with Gasteiger partial charge in [-0.3, -0.25) is 10.2 Å². The molecule has 1 heterocycles. The fraction of sp³-hybridized carbons (Fsp3) is 0.286. The van der Waals surface area contributed by atoms with Crippen molar-refractivity contribution in [3.63, 3.8) is 0 Å². The third-order valence-corrected chi connectivity index (χ3v) is 1.20. The third-order valence-electron chi connectivity index (χ3n) is 1.20. The number of hydrazine groups is 1. The zero-order valence-corrected chi connectivity index (χ0v) is 6.47. The molecule has 0 radical (unpaired) electrons. The van der Waals surface area contributed by atoms with Gasteiger partial charge in [0.25, 0.3) is 0 Å². The molecule has 11 heavy (non-hydrogen) atoms. The standard InChI is InChI=1S/C7H10N2O2/c1-5-3-4-6(11-5)7(10)9-8-2/h3-4,8H,1-2H3,(H,9,10). The summed E-state index contributed by atoms with van der Waals surface area (Å²) < 4.78 is 5.05. The first kappa shape index (κ1) is 7.81. The van der Waals surface area contributed by atoms with Crippen LogP contribution in [0.4, 0.5) is 0 Å². The summed E-state index contributed by atoms with van der Waals surface area (Å²) in [6.07, 6.45) is 0. The van der Waals surface area contributed by atoms with Crippen molar-refractivity contribution < 1.29 is 9.21 Å². The van der Waals surface area contributed by atoms with Gasteiger partial charge in [0.15, 0.2) is 5.76 Å². The molecule has 0 aliphatic rings. The maximum atomic E-state index is 11.0. The molecule has 0 atom stereocenters. The van der Waals surface area contributed by atoms with Crippen LogP contribution < -0.4 is 10.9 Å². The summed E-state index contributed by atoms with van der Waals surface area (Å²) in [6.45, 7) is 1.79. The first-order valence-electron chi connectivity index (χ1n) is 3.27. The number of rotatable bonds is 2. The van der Waals surface area contributed by atoms with Crippen LogP contribution in [-0.2, 0) is 0 Å². The van der Waals surface area contributed by atoms with Crippen LogP contribution in [0.15, 0.2) is 16.5 Å². The molecule has 0 saturated heterocycles. The molecule has 0 aromatic carbocycles. The number of hydrogen-bond donors (Lipinski definition) is 2. The number of furan rings is 1. The molecular weight excluding hydrogens is 144 g/mol. The van der Waals surface area contributed by atoms with Gasteiger partial charge in [0.1, 0.15) is 5.76 Å². The zero-order valence-electron chi connectivity index (χ0n) is 6.47. The maximum absolute atomic E-state index is 11.0. The van der Waals surface area contributed by atoms with Crippen LogP contribution in [0.25, 0.3) is 0 Å². The fourth-order valence-electron chi connectivity index (χ4n) is 0.732. The molecule has 0 unspecified atom stereocenters. The molecule has 4 nitrogen and oxygen atoms in total. The monoisotopic (exact) mass is 154 g/mol. The van der Waals surface area contributed by atoms with Gasteiger partial charge in [0.05, 0.1) is 0 Å². The minimum atomic E-state index is -0.263. The van der Waals surface area contributed by atoms with Crippen LogP contribution in [0.3, 0.4) is 0 Å². The molecule has 4 heteroatoms. The Morgan fingerprint density at radius 3 is 2.73 bits per heavy atom. The predicted molar refractivity (Wildman–Crippen MR) is 40.0 cm³/mol. The summed E-state index contributed by atoms with van der Waals surface area (Å²) in [5.74, 6) is 0.781. The molecule has 1 rings (SSSR count). The SMILES string of the molecule is CNNC(=O)c1ccc(C)o1. The summed E-state index contributed by atoms with van der Waals surface area (Å²) in [5, 5.41) is 0. The number of nitrogens with one attached hydrogen (secondary N) is 2. The van der Waals surface area contributed by atoms with E-state index in [-0.39, 0.29) is 5.91 Å². The van der Waals surface area contributed by atoms with E-state index in [0.717, 1.165) is 5.76 Å². The summed E-state index contributed by atoms with van der Waals surface area (Å²) in [7, 11) is 1.62. The van der Waals surface area contributed by atoms with E-state index in [1.165, 1.54) is 0 Å². The summed E-state index contributed by atoms with van der Waals surface area (Å²) in [4.78, 5) is 11.0. The number of amides is 1. The zero-order chi connectivity index (χ0) is 8.27. The van der Waals surface area contributed by atoms with E-state index in [1.54, 1.807) is 26.1 Å². The molecule has 0 aliphatic heterocycles. The Labute approximate surface area is 64.6 Å². The van der Waals surface area contributed by atoms with E-state index in [1.807, 2.05) is 0 Å². The number of hydrogen-bond acceptors (Lipinski definition) is 3. The highest BCUT2D eigenvalue weighted by molar-refractivity contribution is 5.91. The molecule has 1 amide bonds. The Balaban J connectivity index is 2.69. The van der Waals surface area contributed by atoms with Crippen LogP contribution in [-0.4, -0.2) is 13.0 Å². The van der Waals surface area contributed by atoms with Crippen molar-refractivity contribution in [3.05, 3.63) is 23.7 Å². The van der Waals surface area contributed by atoms with Gasteiger partial charge in [0.2, 0.25) is 0 Å². The van der Waals surface area contributed by atoms with Crippen LogP contribution in [0.5, 0.6) is 0 Å². The lowest BCUT2D eigenvalue weighted by atomic mass is 10.4. The fourth-order valence-corrected chi connectivity index (χ4v) is 0.732. The summed E-state index contributed by atoms with van der Waals surface area (Å²) in [5.41, 5.74) is 4.91. The van der Waals surface area contributed by atoms with Gasteiger partial charge in [-0.2, -0.15) is 0 Å². The number of carbonyl (C=O) groups is 1. The third kappa shape index (κ3) is 1.81. The number of carbonyl (C=O) groups excluding carboxylic acids is 1. The van der Waals surface area contributed by atoms with E-state index in [9.17, 15) is 4.79 Å². The lowest BCUT2D eigenvalue weighted by Gasteiger charge is -1.97. The van der Waals surface area contributed by atoms with Crippen LogP contribution in [0.1, 0.15) is 16.3 Å². The summed E-state index contributed by atoms with van der Waals surface area (Å²) in [6, 6.07) is 3.37. The molecule has 0 saturated carbocycles. The molecule has 0 bridgehead atoms. The predicted octanol–water partition coefficient (Wildman–Crippen LogP) is 0.452. The molecule has 0 fully saturated rings. The minimum absolute atomic E-state index is 0.263. The average Bonchev–Trinajstić information content (AvgIpc) is 2.36. The van der Waals surface area contributed by atoms with Crippen molar-refractivity contribution in [2.45, 2.75) is 6.92 Å². The van der Waals surface area contributed by atoms with Gasteiger partial charge in [-0.1, -0.05) is 0 Å². The molecule has 2 N–H and O–H groups in total. The average molecular weight is 154 g/mol. The van der Waals surface area contributed by atoms with Gasteiger partial charge in [-0.15, -0.1) is 0 Å². The molecule has 0 spiro atoms. The Bertz CT molecular complexity index is 255. The highest BCUT2D eigenvalue weighted by atomic mass is 16.3. The summed E-state index contributed by atoms with van der Waals surface area (Å²) >= 11 is 0. The van der Waals surface area contributed by atoms with E-state index >= 15 is 0 Å². The van der Waals surface area contributed by atoms with E-state index < -0.39 is 0 Å². The lowest BCUT2D eigenvalue weighted by molar-refractivity contribution is 0.0908. The Morgan fingerprint density at radius 1 is 1.55 bits per heavy atom. The smallest absolute Gasteiger partial charge is 0.301 e. The molecular formula is C7H10N2O2. The first-order valence-corrected chi connectivity index (χ1v) is 3.27. The normalized spacial score (nSPS) is 9.64. The Hall–Kier alpha value is -1.29. The van der Waals surface area contributed by atoms with E-state index in [2.05, 4.69) is 10.9 Å². The minimum Gasteiger partial charge on any atom is -0.456 e. The molecule has 1 aromatic heterocycles. The van der Waals surface area contributed by atoms with Crippen molar-refractivity contribution in [3.8, 4) is 0 Å². The van der Waals surface area contributed by atoms with Gasteiger partial charge in [0, 0.05) is 7.05 Å². The van der Waals surface area contributed by atoms with Gasteiger partial charge >= 0.3 is 5.91 Å². The molecule has 60 valence electrons. The second kappa shape index (κ2) is 3.21. The van der Waals surface area contributed by atoms with Crippen molar-refractivity contribution in [2.75, 3.05) is 7.05 Å². The van der Waals surface area contributed by atoms with Gasteiger partial charge < -0.3 is 4.42 Å². The Kier molecular flexibility index (Phi) is 2.28. The lowest BCUT2D eigenvalue weighted by Crippen LogP contribution is -2.33. The van der Waals surface area contributed by atoms with Crippen LogP contribution >= 0.6 is 0 Å². The number of aryl methyl sites for hydroxylation is 1. The highest BCUT2D eigenvalue weighted by Gasteiger charge is 2.07. The van der Waals surface area contributed by atoms with Crippen LogP contribution in [0, 0.1) is 6.92 Å². The second-order valence-electron chi connectivity index (χ2n) is 2.11. The van der Waals surface area contributed by atoms with Crippen molar-refractivity contribution in [2.24, 2.45) is 0 Å². The quantitative estimate of drug-likeness (QED) is 0.608. The van der Waals surface area contributed by atoms with Gasteiger partial charge in [-0.05, 0) is 19.1 Å². The topological polar surface area (TPSA) is 54.3 Å². The second-order valence-corrected chi connectivity index (χ2v) is 2.11. The van der Waals surface area contributed by atoms with Crippen molar-refractivity contribution in [1.29, 1.82) is 0 Å². The van der Waals surface area contributed by atoms with Crippen LogP contribution in [0.2, 0.25) is 0 Å². The first-order chi connectivity index (χ1) is 5.24. The van der Waals surface area contributed by atoms with E-state index in [0.29, 0.717) is 5.76 Å².